The molecule has 2 unspecified atom stereocenters. The van der Waals surface area contributed by atoms with E-state index in [0.717, 1.165) is 19.1 Å². The van der Waals surface area contributed by atoms with Crippen LogP contribution in [-0.2, 0) is 21.2 Å². The van der Waals surface area contributed by atoms with E-state index in [9.17, 15) is 13.2 Å². The lowest BCUT2D eigenvalue weighted by molar-refractivity contribution is -0.122. The predicted octanol–water partition coefficient (Wildman–Crippen LogP) is 3.38. The van der Waals surface area contributed by atoms with Crippen LogP contribution in [0.15, 0.2) is 54.6 Å². The highest BCUT2D eigenvalue weighted by molar-refractivity contribution is 7.92. The van der Waals surface area contributed by atoms with Gasteiger partial charge in [-0.1, -0.05) is 37.3 Å². The zero-order chi connectivity index (χ0) is 21.4. The number of nitrogens with zero attached hydrogens (tertiary/aromatic N) is 1. The first-order chi connectivity index (χ1) is 13.8. The Morgan fingerprint density at radius 1 is 1.10 bits per heavy atom. The third kappa shape index (κ3) is 6.49. The minimum atomic E-state index is -3.65. The van der Waals surface area contributed by atoms with Crippen molar-refractivity contribution in [1.82, 2.24) is 5.32 Å². The maximum absolute atomic E-state index is 12.9. The van der Waals surface area contributed by atoms with Gasteiger partial charge in [-0.2, -0.15) is 0 Å². The molecule has 0 aromatic heterocycles. The molecule has 0 radical (unpaired) electrons. The van der Waals surface area contributed by atoms with Crippen molar-refractivity contribution in [2.24, 2.45) is 0 Å². The maximum Gasteiger partial charge on any atom is 0.244 e. The van der Waals surface area contributed by atoms with Crippen molar-refractivity contribution >= 4 is 21.6 Å². The van der Waals surface area contributed by atoms with Crippen molar-refractivity contribution in [3.63, 3.8) is 0 Å². The molecule has 7 heteroatoms. The molecule has 0 saturated heterocycles. The number of ether oxygens (including phenoxy) is 1. The molecule has 29 heavy (non-hydrogen) atoms. The first kappa shape index (κ1) is 22.7. The van der Waals surface area contributed by atoms with E-state index in [1.54, 1.807) is 38.3 Å². The van der Waals surface area contributed by atoms with Gasteiger partial charge < -0.3 is 10.1 Å². The van der Waals surface area contributed by atoms with Gasteiger partial charge in [-0.25, -0.2) is 8.42 Å². The lowest BCUT2D eigenvalue weighted by Gasteiger charge is -2.31. The highest BCUT2D eigenvalue weighted by Gasteiger charge is 2.32. The van der Waals surface area contributed by atoms with Crippen molar-refractivity contribution in [3.8, 4) is 5.75 Å². The molecule has 6 nitrogen and oxygen atoms in total. The molecule has 2 atom stereocenters. The molecule has 0 aliphatic rings. The number of nitrogens with one attached hydrogen (secondary N) is 1. The Hall–Kier alpha value is -2.54. The lowest BCUT2D eigenvalue weighted by Crippen LogP contribution is -2.51. The Balaban J connectivity index is 2.12. The van der Waals surface area contributed by atoms with E-state index < -0.39 is 16.1 Å². The van der Waals surface area contributed by atoms with Crippen LogP contribution in [0.2, 0.25) is 0 Å². The van der Waals surface area contributed by atoms with Gasteiger partial charge in [0.2, 0.25) is 15.9 Å². The van der Waals surface area contributed by atoms with Gasteiger partial charge in [-0.15, -0.1) is 0 Å². The van der Waals surface area contributed by atoms with Crippen molar-refractivity contribution in [3.05, 3.63) is 60.2 Å². The number of hydrogen-bond acceptors (Lipinski definition) is 4. The Morgan fingerprint density at radius 2 is 1.72 bits per heavy atom. The van der Waals surface area contributed by atoms with Gasteiger partial charge in [0.1, 0.15) is 11.8 Å². The molecule has 0 spiro atoms. The van der Waals surface area contributed by atoms with E-state index >= 15 is 0 Å². The van der Waals surface area contributed by atoms with E-state index in [0.29, 0.717) is 17.9 Å². The monoisotopic (exact) mass is 418 g/mol. The summed E-state index contributed by atoms with van der Waals surface area (Å²) >= 11 is 0. The van der Waals surface area contributed by atoms with Crippen LogP contribution in [0.3, 0.4) is 0 Å². The second-order valence-electron chi connectivity index (χ2n) is 7.11. The molecule has 0 heterocycles. The molecule has 1 N–H and O–H groups in total. The molecule has 158 valence electrons. The topological polar surface area (TPSA) is 75.7 Å². The lowest BCUT2D eigenvalue weighted by atomic mass is 10.1. The second-order valence-corrected chi connectivity index (χ2v) is 8.97. The van der Waals surface area contributed by atoms with Crippen LogP contribution in [-0.4, -0.2) is 39.8 Å². The molecule has 1 amide bonds. The molecular weight excluding hydrogens is 388 g/mol. The Bertz CT molecular complexity index is 883. The highest BCUT2D eigenvalue weighted by Crippen LogP contribution is 2.25. The first-order valence-electron chi connectivity index (χ1n) is 9.74. The van der Waals surface area contributed by atoms with Crippen LogP contribution in [0.1, 0.15) is 32.3 Å². The predicted molar refractivity (Wildman–Crippen MR) is 117 cm³/mol. The molecule has 0 aliphatic heterocycles. The minimum Gasteiger partial charge on any atom is -0.497 e. The van der Waals surface area contributed by atoms with Gasteiger partial charge in [0.15, 0.2) is 0 Å². The van der Waals surface area contributed by atoms with Crippen molar-refractivity contribution in [1.29, 1.82) is 0 Å². The number of carbonyl (C=O) groups excluding carboxylic acids is 1. The molecular formula is C22H30N2O4S. The van der Waals surface area contributed by atoms with Crippen LogP contribution in [0.4, 0.5) is 5.69 Å². The molecule has 0 fully saturated rings. The number of carbonyl (C=O) groups is 1. The van der Waals surface area contributed by atoms with E-state index in [1.165, 1.54) is 9.87 Å². The molecule has 0 bridgehead atoms. The van der Waals surface area contributed by atoms with Crippen LogP contribution in [0.5, 0.6) is 5.75 Å². The largest absolute Gasteiger partial charge is 0.497 e. The first-order valence-corrected chi connectivity index (χ1v) is 11.6. The quantitative estimate of drug-likeness (QED) is 0.642. The summed E-state index contributed by atoms with van der Waals surface area (Å²) in [5.41, 5.74) is 1.64. The summed E-state index contributed by atoms with van der Waals surface area (Å²) in [4.78, 5) is 12.9. The van der Waals surface area contributed by atoms with Crippen LogP contribution < -0.4 is 14.4 Å². The molecule has 2 aromatic carbocycles. The van der Waals surface area contributed by atoms with Gasteiger partial charge in [-0.3, -0.25) is 9.10 Å². The summed E-state index contributed by atoms with van der Waals surface area (Å²) in [5.74, 6) is 0.323. The van der Waals surface area contributed by atoms with E-state index in [-0.39, 0.29) is 11.9 Å². The standard InChI is InChI=1S/C22H30N2O4S/c1-5-21(22(25)23-17(2)11-12-18-9-7-6-8-10-18)24(29(4,26)27)19-13-15-20(28-3)16-14-19/h6-10,13-17,21H,5,11-12H2,1-4H3,(H,23,25). The third-order valence-electron chi connectivity index (χ3n) is 4.75. The number of anilines is 1. The summed E-state index contributed by atoms with van der Waals surface area (Å²) in [5, 5.41) is 2.98. The van der Waals surface area contributed by atoms with Gasteiger partial charge in [0, 0.05) is 6.04 Å². The third-order valence-corrected chi connectivity index (χ3v) is 5.93. The number of sulfonamides is 1. The van der Waals surface area contributed by atoms with Crippen LogP contribution in [0, 0.1) is 0 Å². The summed E-state index contributed by atoms with van der Waals surface area (Å²) in [6.45, 7) is 3.74. The van der Waals surface area contributed by atoms with E-state index in [4.69, 9.17) is 4.74 Å². The van der Waals surface area contributed by atoms with Gasteiger partial charge in [0.05, 0.1) is 19.1 Å². The van der Waals surface area contributed by atoms with Crippen molar-refractivity contribution in [2.75, 3.05) is 17.7 Å². The Kier molecular flexibility index (Phi) is 8.08. The van der Waals surface area contributed by atoms with Crippen LogP contribution >= 0.6 is 0 Å². The van der Waals surface area contributed by atoms with Gasteiger partial charge in [-0.05, 0) is 56.0 Å². The minimum absolute atomic E-state index is 0.0750. The summed E-state index contributed by atoms with van der Waals surface area (Å²) in [7, 11) is -2.11. The zero-order valence-electron chi connectivity index (χ0n) is 17.5. The fourth-order valence-corrected chi connectivity index (χ4v) is 4.44. The van der Waals surface area contributed by atoms with Gasteiger partial charge >= 0.3 is 0 Å². The normalized spacial score (nSPS) is 13.4. The smallest absolute Gasteiger partial charge is 0.244 e. The number of hydrogen-bond donors (Lipinski definition) is 1. The number of methoxy groups -OCH3 is 1. The SMILES string of the molecule is CCC(C(=O)NC(C)CCc1ccccc1)N(c1ccc(OC)cc1)S(C)(=O)=O. The molecule has 0 aliphatic carbocycles. The van der Waals surface area contributed by atoms with E-state index in [1.807, 2.05) is 25.1 Å². The number of benzene rings is 2. The fraction of sp³-hybridized carbons (Fsp3) is 0.409. The average molecular weight is 419 g/mol. The Labute approximate surface area is 173 Å². The van der Waals surface area contributed by atoms with Gasteiger partial charge in [0.25, 0.3) is 0 Å². The summed E-state index contributed by atoms with van der Waals surface area (Å²) in [6.07, 6.45) is 3.09. The number of rotatable bonds is 10. The second kappa shape index (κ2) is 10.3. The van der Waals surface area contributed by atoms with E-state index in [2.05, 4.69) is 17.4 Å². The fourth-order valence-electron chi connectivity index (χ4n) is 3.23. The molecule has 0 saturated carbocycles. The highest BCUT2D eigenvalue weighted by atomic mass is 32.2. The maximum atomic E-state index is 12.9. The zero-order valence-corrected chi connectivity index (χ0v) is 18.3. The van der Waals surface area contributed by atoms with Crippen molar-refractivity contribution < 1.29 is 17.9 Å². The number of aryl methyl sites for hydroxylation is 1. The summed E-state index contributed by atoms with van der Waals surface area (Å²) in [6, 6.07) is 15.8. The van der Waals surface area contributed by atoms with Crippen molar-refractivity contribution in [2.45, 2.75) is 45.2 Å². The molecule has 2 rings (SSSR count). The average Bonchev–Trinajstić information content (AvgIpc) is 2.70. The van der Waals surface area contributed by atoms with Crippen LogP contribution in [0.25, 0.3) is 0 Å². The Morgan fingerprint density at radius 3 is 2.24 bits per heavy atom. The summed E-state index contributed by atoms with van der Waals surface area (Å²) < 4.78 is 31.3. The number of amides is 1. The molecule has 2 aromatic rings.